The van der Waals surface area contributed by atoms with E-state index in [1.165, 1.54) is 24.3 Å². The second-order valence-corrected chi connectivity index (χ2v) is 3.83. The first-order valence-electron chi connectivity index (χ1n) is 4.64. The van der Waals surface area contributed by atoms with Crippen LogP contribution >= 0.6 is 15.9 Å². The Bertz CT molecular complexity index is 432. The first-order valence-corrected chi connectivity index (χ1v) is 5.43. The third-order valence-corrected chi connectivity index (χ3v) is 2.42. The number of carbonyl (C=O) groups is 1. The van der Waals surface area contributed by atoms with E-state index in [0.29, 0.717) is 16.6 Å². The summed E-state index contributed by atoms with van der Waals surface area (Å²) in [6.07, 6.45) is 2.73. The molecule has 0 aliphatic rings. The quantitative estimate of drug-likeness (QED) is 0.528. The van der Waals surface area contributed by atoms with Gasteiger partial charge in [0.25, 0.3) is 0 Å². The Kier molecular flexibility index (Phi) is 4.49. The lowest BCUT2D eigenvalue weighted by atomic mass is 10.1. The van der Waals surface area contributed by atoms with Gasteiger partial charge in [0.15, 0.2) is 0 Å². The molecule has 1 rings (SSSR count). The molecule has 0 amide bonds. The van der Waals surface area contributed by atoms with Crippen LogP contribution in [-0.4, -0.2) is 12.6 Å². The summed E-state index contributed by atoms with van der Waals surface area (Å²) in [5.41, 5.74) is 6.41. The molecule has 0 heterocycles. The lowest BCUT2D eigenvalue weighted by Crippen LogP contribution is -1.99. The summed E-state index contributed by atoms with van der Waals surface area (Å²) in [6.45, 7) is 2.03. The highest BCUT2D eigenvalue weighted by Crippen LogP contribution is 2.23. The number of hydrogen-bond donors (Lipinski definition) is 1. The number of anilines is 1. The third kappa shape index (κ3) is 3.34. The highest BCUT2D eigenvalue weighted by atomic mass is 79.9. The molecular formula is C11H11BrFNO2. The third-order valence-electron chi connectivity index (χ3n) is 1.81. The van der Waals surface area contributed by atoms with Crippen molar-refractivity contribution in [2.45, 2.75) is 6.92 Å². The minimum absolute atomic E-state index is 0.265. The van der Waals surface area contributed by atoms with Crippen molar-refractivity contribution in [1.82, 2.24) is 0 Å². The van der Waals surface area contributed by atoms with E-state index in [2.05, 4.69) is 15.9 Å². The Balaban J connectivity index is 2.89. The van der Waals surface area contributed by atoms with Gasteiger partial charge in [0.2, 0.25) is 0 Å². The molecule has 0 aliphatic heterocycles. The Morgan fingerprint density at radius 3 is 2.94 bits per heavy atom. The standard InChI is InChI=1S/C11H11BrFNO2/c1-2-16-11(15)4-3-7-5-8(12)9(13)6-10(7)14/h3-6H,2,14H2,1H3/b4-3+. The van der Waals surface area contributed by atoms with Gasteiger partial charge in [-0.25, -0.2) is 9.18 Å². The number of rotatable bonds is 3. The van der Waals surface area contributed by atoms with E-state index >= 15 is 0 Å². The molecular weight excluding hydrogens is 277 g/mol. The van der Waals surface area contributed by atoms with Crippen molar-refractivity contribution in [1.29, 1.82) is 0 Å². The van der Waals surface area contributed by atoms with Gasteiger partial charge in [0.05, 0.1) is 11.1 Å². The molecule has 2 N–H and O–H groups in total. The summed E-state index contributed by atoms with van der Waals surface area (Å²) in [6, 6.07) is 2.69. The van der Waals surface area contributed by atoms with Gasteiger partial charge in [0.1, 0.15) is 5.82 Å². The Morgan fingerprint density at radius 2 is 2.31 bits per heavy atom. The predicted octanol–water partition coefficient (Wildman–Crippen LogP) is 2.75. The van der Waals surface area contributed by atoms with Crippen molar-refractivity contribution in [3.63, 3.8) is 0 Å². The molecule has 86 valence electrons. The van der Waals surface area contributed by atoms with Gasteiger partial charge in [-0.05, 0) is 46.6 Å². The summed E-state index contributed by atoms with van der Waals surface area (Å²) in [7, 11) is 0. The lowest BCUT2D eigenvalue weighted by Gasteiger charge is -2.02. The normalized spacial score (nSPS) is 10.7. The highest BCUT2D eigenvalue weighted by Gasteiger charge is 2.04. The van der Waals surface area contributed by atoms with Crippen LogP contribution in [0, 0.1) is 5.82 Å². The number of halogens is 2. The minimum Gasteiger partial charge on any atom is -0.463 e. The van der Waals surface area contributed by atoms with Gasteiger partial charge >= 0.3 is 5.97 Å². The number of hydrogen-bond acceptors (Lipinski definition) is 3. The monoisotopic (exact) mass is 287 g/mol. The topological polar surface area (TPSA) is 52.3 Å². The summed E-state index contributed by atoms with van der Waals surface area (Å²) < 4.78 is 18.0. The largest absolute Gasteiger partial charge is 0.463 e. The fraction of sp³-hybridized carbons (Fsp3) is 0.182. The van der Waals surface area contributed by atoms with Crippen LogP contribution in [0.5, 0.6) is 0 Å². The smallest absolute Gasteiger partial charge is 0.330 e. The van der Waals surface area contributed by atoms with E-state index in [4.69, 9.17) is 10.5 Å². The van der Waals surface area contributed by atoms with Gasteiger partial charge in [-0.2, -0.15) is 0 Å². The fourth-order valence-corrected chi connectivity index (χ4v) is 1.43. The van der Waals surface area contributed by atoms with Crippen molar-refractivity contribution in [3.05, 3.63) is 34.1 Å². The number of nitrogens with two attached hydrogens (primary N) is 1. The van der Waals surface area contributed by atoms with Crippen LogP contribution < -0.4 is 5.73 Å². The van der Waals surface area contributed by atoms with Crippen molar-refractivity contribution in [2.24, 2.45) is 0 Å². The zero-order valence-corrected chi connectivity index (χ0v) is 10.3. The molecule has 0 saturated heterocycles. The lowest BCUT2D eigenvalue weighted by molar-refractivity contribution is -0.137. The number of ether oxygens (including phenoxy) is 1. The van der Waals surface area contributed by atoms with Crippen LogP contribution in [0.1, 0.15) is 12.5 Å². The molecule has 3 nitrogen and oxygen atoms in total. The van der Waals surface area contributed by atoms with Crippen LogP contribution in [-0.2, 0) is 9.53 Å². The molecule has 0 bridgehead atoms. The van der Waals surface area contributed by atoms with E-state index in [9.17, 15) is 9.18 Å². The molecule has 0 radical (unpaired) electrons. The van der Waals surface area contributed by atoms with Crippen molar-refractivity contribution >= 4 is 33.7 Å². The van der Waals surface area contributed by atoms with Crippen LogP contribution in [0.4, 0.5) is 10.1 Å². The Labute approximate surface area is 101 Å². The summed E-state index contributed by atoms with van der Waals surface area (Å²) in [5, 5.41) is 0. The maximum atomic E-state index is 13.0. The zero-order chi connectivity index (χ0) is 12.1. The molecule has 0 spiro atoms. The number of nitrogen functional groups attached to an aromatic ring is 1. The molecule has 1 aromatic carbocycles. The highest BCUT2D eigenvalue weighted by molar-refractivity contribution is 9.10. The zero-order valence-electron chi connectivity index (χ0n) is 8.67. The fourth-order valence-electron chi connectivity index (χ4n) is 1.07. The van der Waals surface area contributed by atoms with Gasteiger partial charge in [-0.3, -0.25) is 0 Å². The Morgan fingerprint density at radius 1 is 1.62 bits per heavy atom. The molecule has 1 aromatic rings. The first-order chi connectivity index (χ1) is 7.54. The minimum atomic E-state index is -0.456. The van der Waals surface area contributed by atoms with Gasteiger partial charge in [-0.15, -0.1) is 0 Å². The maximum Gasteiger partial charge on any atom is 0.330 e. The SMILES string of the molecule is CCOC(=O)/C=C/c1cc(Br)c(F)cc1N. The van der Waals surface area contributed by atoms with E-state index < -0.39 is 11.8 Å². The molecule has 0 saturated carbocycles. The maximum absolute atomic E-state index is 13.0. The molecule has 0 aromatic heterocycles. The van der Waals surface area contributed by atoms with E-state index in [0.717, 1.165) is 0 Å². The summed E-state index contributed by atoms with van der Waals surface area (Å²) >= 11 is 3.04. The van der Waals surface area contributed by atoms with Gasteiger partial charge in [0, 0.05) is 11.8 Å². The number of benzene rings is 1. The van der Waals surface area contributed by atoms with E-state index in [1.54, 1.807) is 6.92 Å². The molecule has 0 atom stereocenters. The molecule has 0 aliphatic carbocycles. The Hall–Kier alpha value is -1.36. The average molecular weight is 288 g/mol. The van der Waals surface area contributed by atoms with Gasteiger partial charge < -0.3 is 10.5 Å². The number of carbonyl (C=O) groups excluding carboxylic acids is 1. The summed E-state index contributed by atoms with van der Waals surface area (Å²) in [5.74, 6) is -0.895. The van der Waals surface area contributed by atoms with E-state index in [1.807, 2.05) is 0 Å². The number of esters is 1. The second-order valence-electron chi connectivity index (χ2n) is 2.98. The van der Waals surface area contributed by atoms with Crippen molar-refractivity contribution < 1.29 is 13.9 Å². The molecule has 16 heavy (non-hydrogen) atoms. The van der Waals surface area contributed by atoms with Crippen LogP contribution in [0.25, 0.3) is 6.08 Å². The molecule has 5 heteroatoms. The second kappa shape index (κ2) is 5.65. The predicted molar refractivity (Wildman–Crippen MR) is 64.2 cm³/mol. The molecule has 0 unspecified atom stereocenters. The van der Waals surface area contributed by atoms with Crippen LogP contribution in [0.2, 0.25) is 0 Å². The first kappa shape index (κ1) is 12.7. The van der Waals surface area contributed by atoms with Crippen LogP contribution in [0.3, 0.4) is 0 Å². The molecule has 0 fully saturated rings. The summed E-state index contributed by atoms with van der Waals surface area (Å²) in [4.78, 5) is 11.0. The van der Waals surface area contributed by atoms with Crippen LogP contribution in [0.15, 0.2) is 22.7 Å². The average Bonchev–Trinajstić information content (AvgIpc) is 2.22. The van der Waals surface area contributed by atoms with Crippen molar-refractivity contribution in [2.75, 3.05) is 12.3 Å². The van der Waals surface area contributed by atoms with Crippen molar-refractivity contribution in [3.8, 4) is 0 Å². The van der Waals surface area contributed by atoms with E-state index in [-0.39, 0.29) is 5.69 Å². The van der Waals surface area contributed by atoms with Gasteiger partial charge in [-0.1, -0.05) is 0 Å².